The molecular weight excluding hydrogens is 373 g/mol. The van der Waals surface area contributed by atoms with Crippen molar-refractivity contribution < 1.29 is 14.3 Å². The lowest BCUT2D eigenvalue weighted by Crippen LogP contribution is -2.38. The van der Waals surface area contributed by atoms with E-state index in [1.165, 1.54) is 12.1 Å². The van der Waals surface area contributed by atoms with E-state index in [-0.39, 0.29) is 28.7 Å². The highest BCUT2D eigenvalue weighted by atomic mass is 79.9. The highest BCUT2D eigenvalue weighted by molar-refractivity contribution is 9.10. The van der Waals surface area contributed by atoms with E-state index in [0.29, 0.717) is 10.5 Å². The number of hydrogen-bond acceptors (Lipinski definition) is 3. The van der Waals surface area contributed by atoms with Gasteiger partial charge in [0.1, 0.15) is 11.9 Å². The van der Waals surface area contributed by atoms with Gasteiger partial charge in [0.2, 0.25) is 0 Å². The molecule has 24 heavy (non-hydrogen) atoms. The van der Waals surface area contributed by atoms with Crippen LogP contribution in [0.4, 0.5) is 4.39 Å². The molecule has 0 aromatic heterocycles. The number of hydrogen-bond donors (Lipinski definition) is 1. The first-order valence-electron chi connectivity index (χ1n) is 8.48. The molecule has 1 aromatic rings. The van der Waals surface area contributed by atoms with Crippen LogP contribution in [-0.4, -0.2) is 34.9 Å². The first-order chi connectivity index (χ1) is 11.1. The maximum atomic E-state index is 14.0. The fraction of sp³-hybridized carbons (Fsp3) is 0.632. The molecule has 132 valence electrons. The molecule has 2 fully saturated rings. The second-order valence-corrected chi connectivity index (χ2v) is 9.57. The number of carbonyl (C=O) groups excluding carboxylic acids is 1. The van der Waals surface area contributed by atoms with E-state index < -0.39 is 11.9 Å². The first-order valence-corrected chi connectivity index (χ1v) is 9.28. The van der Waals surface area contributed by atoms with E-state index in [4.69, 9.17) is 0 Å². The van der Waals surface area contributed by atoms with Crippen LogP contribution in [0.5, 0.6) is 0 Å². The molecule has 3 rings (SSSR count). The minimum atomic E-state index is -1.40. The van der Waals surface area contributed by atoms with Gasteiger partial charge in [-0.15, -0.1) is 0 Å². The van der Waals surface area contributed by atoms with Gasteiger partial charge in [-0.1, -0.05) is 42.8 Å². The first kappa shape index (κ1) is 18.0. The van der Waals surface area contributed by atoms with Gasteiger partial charge in [0.25, 0.3) is 0 Å². The number of Topliss-reactive ketones (excluding diaryl/α,β-unsaturated/α-hetero) is 1. The molecule has 3 atom stereocenters. The van der Waals surface area contributed by atoms with Crippen LogP contribution in [-0.2, 0) is 4.79 Å². The van der Waals surface area contributed by atoms with Gasteiger partial charge in [-0.05, 0) is 42.2 Å². The topological polar surface area (TPSA) is 40.5 Å². The monoisotopic (exact) mass is 397 g/mol. The van der Waals surface area contributed by atoms with Gasteiger partial charge in [-0.25, -0.2) is 4.39 Å². The number of rotatable bonds is 4. The smallest absolute Gasteiger partial charge is 0.179 e. The number of aliphatic hydroxyl groups excluding tert-OH is 1. The van der Waals surface area contributed by atoms with E-state index in [0.717, 1.165) is 25.8 Å². The number of nitrogens with zero attached hydrogens (tertiary/aromatic N) is 1. The number of ketones is 1. The van der Waals surface area contributed by atoms with Gasteiger partial charge >= 0.3 is 0 Å². The average molecular weight is 398 g/mol. The van der Waals surface area contributed by atoms with Crippen LogP contribution < -0.4 is 0 Å². The fourth-order valence-electron chi connectivity index (χ4n) is 4.94. The van der Waals surface area contributed by atoms with E-state index in [1.54, 1.807) is 6.07 Å². The number of aliphatic hydroxyl groups is 1. The molecule has 1 heterocycles. The summed E-state index contributed by atoms with van der Waals surface area (Å²) in [6.07, 6.45) is 1.93. The van der Waals surface area contributed by atoms with Crippen LogP contribution in [0.3, 0.4) is 0 Å². The average Bonchev–Trinajstić information content (AvgIpc) is 2.66. The van der Waals surface area contributed by atoms with Crippen LogP contribution in [0, 0.1) is 16.6 Å². The van der Waals surface area contributed by atoms with Gasteiger partial charge in [0, 0.05) is 22.6 Å². The van der Waals surface area contributed by atoms with Crippen molar-refractivity contribution in [1.29, 1.82) is 0 Å². The Morgan fingerprint density at radius 2 is 2.12 bits per heavy atom. The number of carbonyl (C=O) groups is 1. The lowest BCUT2D eigenvalue weighted by Gasteiger charge is -2.39. The Kier molecular flexibility index (Phi) is 4.65. The van der Waals surface area contributed by atoms with Gasteiger partial charge in [0.05, 0.1) is 6.54 Å². The lowest BCUT2D eigenvalue weighted by molar-refractivity contribution is -0.129. The van der Waals surface area contributed by atoms with Crippen molar-refractivity contribution in [3.05, 3.63) is 34.1 Å². The highest BCUT2D eigenvalue weighted by Crippen LogP contribution is 2.52. The van der Waals surface area contributed by atoms with Crippen LogP contribution in [0.2, 0.25) is 0 Å². The summed E-state index contributed by atoms with van der Waals surface area (Å²) in [5, 5.41) is 10.3. The maximum absolute atomic E-state index is 14.0. The molecule has 1 aliphatic heterocycles. The largest absolute Gasteiger partial charge is 0.380 e. The van der Waals surface area contributed by atoms with Crippen molar-refractivity contribution in [2.24, 2.45) is 10.8 Å². The number of halogens is 2. The van der Waals surface area contributed by atoms with Gasteiger partial charge < -0.3 is 5.11 Å². The predicted octanol–water partition coefficient (Wildman–Crippen LogP) is 4.09. The second-order valence-electron chi connectivity index (χ2n) is 8.65. The van der Waals surface area contributed by atoms with Crippen molar-refractivity contribution in [2.75, 3.05) is 13.1 Å². The predicted molar refractivity (Wildman–Crippen MR) is 95.2 cm³/mol. The molecule has 1 aliphatic carbocycles. The summed E-state index contributed by atoms with van der Waals surface area (Å²) in [6.45, 7) is 7.93. The van der Waals surface area contributed by atoms with Crippen LogP contribution in [0.1, 0.15) is 51.7 Å². The summed E-state index contributed by atoms with van der Waals surface area (Å²) in [5.41, 5.74) is 0.573. The molecule has 3 unspecified atom stereocenters. The lowest BCUT2D eigenvalue weighted by atomic mass is 9.65. The van der Waals surface area contributed by atoms with Crippen molar-refractivity contribution in [3.63, 3.8) is 0 Å². The Bertz CT molecular complexity index is 663. The summed E-state index contributed by atoms with van der Waals surface area (Å²) >= 11 is 3.19. The molecule has 3 nitrogen and oxygen atoms in total. The summed E-state index contributed by atoms with van der Waals surface area (Å²) in [4.78, 5) is 14.7. The molecule has 1 N–H and O–H groups in total. The molecule has 5 heteroatoms. The molecule has 1 saturated carbocycles. The quantitative estimate of drug-likeness (QED) is 0.831. The Morgan fingerprint density at radius 1 is 1.42 bits per heavy atom. The van der Waals surface area contributed by atoms with Crippen LogP contribution >= 0.6 is 15.9 Å². The minimum Gasteiger partial charge on any atom is -0.380 e. The van der Waals surface area contributed by atoms with Crippen molar-refractivity contribution in [2.45, 2.75) is 52.2 Å². The molecular formula is C19H25BrFNO2. The summed E-state index contributed by atoms with van der Waals surface area (Å²) < 4.78 is 14.6. The van der Waals surface area contributed by atoms with Gasteiger partial charge in [-0.3, -0.25) is 9.69 Å². The molecule has 0 radical (unpaired) electrons. The van der Waals surface area contributed by atoms with Crippen LogP contribution in [0.25, 0.3) is 0 Å². The highest BCUT2D eigenvalue weighted by Gasteiger charge is 2.49. The van der Waals surface area contributed by atoms with E-state index in [1.807, 2.05) is 0 Å². The van der Waals surface area contributed by atoms with Gasteiger partial charge in [0.15, 0.2) is 5.78 Å². The third-order valence-corrected chi connectivity index (χ3v) is 5.94. The third-order valence-electron chi connectivity index (χ3n) is 5.44. The normalized spacial score (nSPS) is 30.3. The SMILES string of the molecule is CC1(C)CC2CC(C)(CN2CC(=O)C(O)c2ccc(Br)cc2F)C1. The summed E-state index contributed by atoms with van der Waals surface area (Å²) in [6, 6.07) is 4.76. The summed E-state index contributed by atoms with van der Waals surface area (Å²) in [5.74, 6) is -0.885. The standard InChI is InChI=1S/C19H25BrFNO2/c1-18(2)7-13-8-19(3,10-18)11-22(13)9-16(23)17(24)14-5-4-12(20)6-15(14)21/h4-6,13,17,24H,7-11H2,1-3H3. The second kappa shape index (κ2) is 6.19. The minimum absolute atomic E-state index is 0.0527. The number of fused-ring (bicyclic) bond motifs is 2. The molecule has 1 aromatic carbocycles. The Balaban J connectivity index is 1.71. The Hall–Kier alpha value is -0.780. The molecule has 0 amide bonds. The Morgan fingerprint density at radius 3 is 2.79 bits per heavy atom. The molecule has 1 saturated heterocycles. The van der Waals surface area contributed by atoms with E-state index in [9.17, 15) is 14.3 Å². The molecule has 2 bridgehead atoms. The zero-order chi connectivity index (χ0) is 17.7. The van der Waals surface area contributed by atoms with Crippen LogP contribution in [0.15, 0.2) is 22.7 Å². The Labute approximate surface area is 151 Å². The zero-order valence-corrected chi connectivity index (χ0v) is 16.1. The van der Waals surface area contributed by atoms with Crippen molar-refractivity contribution in [1.82, 2.24) is 4.90 Å². The third kappa shape index (κ3) is 3.58. The molecule has 2 aliphatic rings. The maximum Gasteiger partial charge on any atom is 0.179 e. The van der Waals surface area contributed by atoms with E-state index >= 15 is 0 Å². The number of benzene rings is 1. The number of likely N-dealkylation sites (tertiary alicyclic amines) is 1. The fourth-order valence-corrected chi connectivity index (χ4v) is 5.28. The van der Waals surface area contributed by atoms with Crippen molar-refractivity contribution in [3.8, 4) is 0 Å². The molecule has 0 spiro atoms. The van der Waals surface area contributed by atoms with Crippen molar-refractivity contribution >= 4 is 21.7 Å². The summed E-state index contributed by atoms with van der Waals surface area (Å²) in [7, 11) is 0. The van der Waals surface area contributed by atoms with E-state index in [2.05, 4.69) is 41.6 Å². The van der Waals surface area contributed by atoms with Gasteiger partial charge in [-0.2, -0.15) is 0 Å². The zero-order valence-electron chi connectivity index (χ0n) is 14.5.